The van der Waals surface area contributed by atoms with Crippen molar-refractivity contribution in [1.82, 2.24) is 19.7 Å². The molecule has 0 radical (unpaired) electrons. The lowest BCUT2D eigenvalue weighted by atomic mass is 9.95. The SMILES string of the molecule is Cc1cc(C(=O)NCCc2ccn(-c3ccccc3)n2)c(C)n1C1CCCCC1. The third-order valence-electron chi connectivity index (χ3n) is 6.00. The average Bonchev–Trinajstić information content (AvgIpc) is 3.33. The number of hydrogen-bond acceptors (Lipinski definition) is 2. The molecule has 0 spiro atoms. The molecule has 1 saturated carbocycles. The van der Waals surface area contributed by atoms with Crippen molar-refractivity contribution in [2.24, 2.45) is 0 Å². The third kappa shape index (κ3) is 4.29. The number of amides is 1. The van der Waals surface area contributed by atoms with Crippen LogP contribution >= 0.6 is 0 Å². The minimum atomic E-state index is 0.0163. The van der Waals surface area contributed by atoms with E-state index in [9.17, 15) is 4.79 Å². The average molecular weight is 391 g/mol. The Labute approximate surface area is 172 Å². The summed E-state index contributed by atoms with van der Waals surface area (Å²) in [6.07, 6.45) is 9.04. The zero-order chi connectivity index (χ0) is 20.2. The van der Waals surface area contributed by atoms with E-state index in [-0.39, 0.29) is 5.91 Å². The van der Waals surface area contributed by atoms with Crippen LogP contribution in [0.1, 0.15) is 65.6 Å². The number of carbonyl (C=O) groups excluding carboxylic acids is 1. The van der Waals surface area contributed by atoms with Crippen LogP contribution in [0.15, 0.2) is 48.7 Å². The first-order valence-corrected chi connectivity index (χ1v) is 10.7. The Kier molecular flexibility index (Phi) is 5.84. The van der Waals surface area contributed by atoms with Crippen LogP contribution in [0.25, 0.3) is 5.69 Å². The van der Waals surface area contributed by atoms with Gasteiger partial charge in [0.2, 0.25) is 0 Å². The highest BCUT2D eigenvalue weighted by Gasteiger charge is 2.22. The lowest BCUT2D eigenvalue weighted by Gasteiger charge is -2.26. The van der Waals surface area contributed by atoms with Crippen LogP contribution in [0.3, 0.4) is 0 Å². The van der Waals surface area contributed by atoms with E-state index in [0.29, 0.717) is 19.0 Å². The number of nitrogens with one attached hydrogen (secondary N) is 1. The van der Waals surface area contributed by atoms with Gasteiger partial charge in [-0.1, -0.05) is 37.5 Å². The maximum Gasteiger partial charge on any atom is 0.253 e. The Bertz CT molecular complexity index is 964. The van der Waals surface area contributed by atoms with Gasteiger partial charge in [-0.15, -0.1) is 0 Å². The minimum absolute atomic E-state index is 0.0163. The molecule has 2 heterocycles. The fraction of sp³-hybridized carbons (Fsp3) is 0.417. The second kappa shape index (κ2) is 8.68. The smallest absolute Gasteiger partial charge is 0.253 e. The molecular formula is C24H30N4O. The molecule has 0 bridgehead atoms. The molecule has 29 heavy (non-hydrogen) atoms. The molecule has 152 valence electrons. The fourth-order valence-corrected chi connectivity index (χ4v) is 4.53. The molecule has 1 aliphatic carbocycles. The molecule has 0 saturated heterocycles. The van der Waals surface area contributed by atoms with E-state index < -0.39 is 0 Å². The number of rotatable bonds is 6. The highest BCUT2D eigenvalue weighted by Crippen LogP contribution is 2.32. The number of nitrogens with zero attached hydrogens (tertiary/aromatic N) is 3. The maximum atomic E-state index is 12.8. The van der Waals surface area contributed by atoms with Crippen LogP contribution in [0.4, 0.5) is 0 Å². The highest BCUT2D eigenvalue weighted by atomic mass is 16.1. The quantitative estimate of drug-likeness (QED) is 0.659. The summed E-state index contributed by atoms with van der Waals surface area (Å²) < 4.78 is 4.25. The largest absolute Gasteiger partial charge is 0.352 e. The van der Waals surface area contributed by atoms with Crippen molar-refractivity contribution in [3.05, 3.63) is 71.3 Å². The first-order chi connectivity index (χ1) is 14.1. The number of aromatic nitrogens is 3. The summed E-state index contributed by atoms with van der Waals surface area (Å²) in [5.41, 5.74) is 5.11. The van der Waals surface area contributed by atoms with Gasteiger partial charge in [0.05, 0.1) is 16.9 Å². The van der Waals surface area contributed by atoms with E-state index in [2.05, 4.69) is 28.8 Å². The number of carbonyl (C=O) groups is 1. The van der Waals surface area contributed by atoms with Gasteiger partial charge in [-0.25, -0.2) is 4.68 Å². The molecular weight excluding hydrogens is 360 g/mol. The monoisotopic (exact) mass is 390 g/mol. The molecule has 5 heteroatoms. The summed E-state index contributed by atoms with van der Waals surface area (Å²) in [5.74, 6) is 0.0163. The minimum Gasteiger partial charge on any atom is -0.352 e. The van der Waals surface area contributed by atoms with Gasteiger partial charge in [-0.3, -0.25) is 4.79 Å². The Morgan fingerprint density at radius 1 is 1.10 bits per heavy atom. The normalized spacial score (nSPS) is 14.8. The molecule has 2 aromatic heterocycles. The molecule has 1 N–H and O–H groups in total. The molecule has 3 aromatic rings. The van der Waals surface area contributed by atoms with Crippen LogP contribution in [-0.2, 0) is 6.42 Å². The third-order valence-corrected chi connectivity index (χ3v) is 6.00. The van der Waals surface area contributed by atoms with Gasteiger partial charge in [-0.05, 0) is 51.0 Å². The van der Waals surface area contributed by atoms with Gasteiger partial charge in [0.25, 0.3) is 5.91 Å². The van der Waals surface area contributed by atoms with E-state index in [4.69, 9.17) is 0 Å². The fourth-order valence-electron chi connectivity index (χ4n) is 4.53. The lowest BCUT2D eigenvalue weighted by Crippen LogP contribution is -2.26. The highest BCUT2D eigenvalue weighted by molar-refractivity contribution is 5.95. The topological polar surface area (TPSA) is 51.9 Å². The van der Waals surface area contributed by atoms with Crippen molar-refractivity contribution in [2.75, 3.05) is 6.54 Å². The van der Waals surface area contributed by atoms with Gasteiger partial charge in [-0.2, -0.15) is 5.10 Å². The summed E-state index contributed by atoms with van der Waals surface area (Å²) >= 11 is 0. The predicted molar refractivity (Wildman–Crippen MR) is 116 cm³/mol. The van der Waals surface area contributed by atoms with Crippen LogP contribution in [0, 0.1) is 13.8 Å². The molecule has 0 unspecified atom stereocenters. The van der Waals surface area contributed by atoms with Gasteiger partial charge in [0.1, 0.15) is 0 Å². The van der Waals surface area contributed by atoms with Crippen molar-refractivity contribution < 1.29 is 4.79 Å². The summed E-state index contributed by atoms with van der Waals surface area (Å²) in [5, 5.41) is 7.69. The molecule has 1 fully saturated rings. The lowest BCUT2D eigenvalue weighted by molar-refractivity contribution is 0.0953. The first-order valence-electron chi connectivity index (χ1n) is 10.7. The summed E-state index contributed by atoms with van der Waals surface area (Å²) in [6.45, 7) is 4.78. The van der Waals surface area contributed by atoms with E-state index in [1.807, 2.05) is 53.3 Å². The van der Waals surface area contributed by atoms with Gasteiger partial charge in [0.15, 0.2) is 0 Å². The zero-order valence-corrected chi connectivity index (χ0v) is 17.4. The van der Waals surface area contributed by atoms with Crippen molar-refractivity contribution in [3.8, 4) is 5.69 Å². The van der Waals surface area contributed by atoms with E-state index in [0.717, 1.165) is 22.6 Å². The summed E-state index contributed by atoms with van der Waals surface area (Å²) in [7, 11) is 0. The number of benzene rings is 1. The number of hydrogen-bond donors (Lipinski definition) is 1. The number of aryl methyl sites for hydroxylation is 1. The van der Waals surface area contributed by atoms with Gasteiger partial charge >= 0.3 is 0 Å². The maximum absolute atomic E-state index is 12.8. The van der Waals surface area contributed by atoms with Gasteiger partial charge in [0, 0.05) is 36.6 Å². The molecule has 1 aliphatic rings. The Hall–Kier alpha value is -2.82. The Balaban J connectivity index is 1.36. The summed E-state index contributed by atoms with van der Waals surface area (Å²) in [6, 6.07) is 14.7. The van der Waals surface area contributed by atoms with E-state index >= 15 is 0 Å². The Morgan fingerprint density at radius 3 is 2.62 bits per heavy atom. The zero-order valence-electron chi connectivity index (χ0n) is 17.4. The van der Waals surface area contributed by atoms with E-state index in [1.165, 1.54) is 37.8 Å². The van der Waals surface area contributed by atoms with Crippen molar-refractivity contribution in [1.29, 1.82) is 0 Å². The van der Waals surface area contributed by atoms with Crippen LogP contribution in [0.5, 0.6) is 0 Å². The van der Waals surface area contributed by atoms with Crippen LogP contribution < -0.4 is 5.32 Å². The number of para-hydroxylation sites is 1. The van der Waals surface area contributed by atoms with Crippen LogP contribution in [-0.4, -0.2) is 26.8 Å². The van der Waals surface area contributed by atoms with E-state index in [1.54, 1.807) is 0 Å². The molecule has 0 atom stereocenters. The van der Waals surface area contributed by atoms with Crippen molar-refractivity contribution in [2.45, 2.75) is 58.4 Å². The summed E-state index contributed by atoms with van der Waals surface area (Å²) in [4.78, 5) is 12.8. The first kappa shape index (κ1) is 19.5. The molecule has 5 nitrogen and oxygen atoms in total. The second-order valence-corrected chi connectivity index (χ2v) is 8.04. The molecule has 0 aliphatic heterocycles. The molecule has 1 amide bonds. The van der Waals surface area contributed by atoms with Crippen LogP contribution in [0.2, 0.25) is 0 Å². The molecule has 4 rings (SSSR count). The Morgan fingerprint density at radius 2 is 1.86 bits per heavy atom. The predicted octanol–water partition coefficient (Wildman–Crippen LogP) is 4.77. The second-order valence-electron chi connectivity index (χ2n) is 8.04. The van der Waals surface area contributed by atoms with Gasteiger partial charge < -0.3 is 9.88 Å². The molecule has 1 aromatic carbocycles. The standard InChI is InChI=1S/C24H30N4O/c1-18-17-23(19(2)28(18)22-11-7-4-8-12-22)24(29)25-15-13-20-14-16-27(26-20)21-9-5-3-6-10-21/h3,5-6,9-10,14,16-17,22H,4,7-8,11-13,15H2,1-2H3,(H,25,29). The van der Waals surface area contributed by atoms with Crippen molar-refractivity contribution in [3.63, 3.8) is 0 Å². The van der Waals surface area contributed by atoms with Crippen molar-refractivity contribution >= 4 is 5.91 Å².